The fourth-order valence-electron chi connectivity index (χ4n) is 10.1. The van der Waals surface area contributed by atoms with E-state index in [0.29, 0.717) is 17.2 Å². The number of carbonyl (C=O) groups excluding carboxylic acids is 3. The second-order valence-electron chi connectivity index (χ2n) is 21.3. The largest absolute Gasteiger partial charge is 0.481 e. The molecule has 2 aliphatic carbocycles. The Morgan fingerprint density at radius 2 is 1.57 bits per heavy atom. The van der Waals surface area contributed by atoms with Crippen molar-refractivity contribution < 1.29 is 109 Å². The highest BCUT2D eigenvalue weighted by atomic mass is 35.5. The van der Waals surface area contributed by atoms with Crippen LogP contribution in [0.5, 0.6) is 0 Å². The molecule has 88 heavy (non-hydrogen) atoms. The highest BCUT2D eigenvalue weighted by molar-refractivity contribution is 7.93. The highest BCUT2D eigenvalue weighted by Crippen LogP contribution is 2.68. The number of carboxylic acids is 1. The smallest absolute Gasteiger partial charge is 0.472 e. The topological polar surface area (TPSA) is 300 Å². The second-order valence-corrected chi connectivity index (χ2v) is 27.5. The minimum Gasteiger partial charge on any atom is -0.481 e. The second kappa shape index (κ2) is 24.3. The monoisotopic (exact) mass is 1330 g/mol. The van der Waals surface area contributed by atoms with E-state index in [-0.39, 0.29) is 55.3 Å². The Morgan fingerprint density at radius 3 is 2.17 bits per heavy atom. The maximum absolute atomic E-state index is 15.8. The van der Waals surface area contributed by atoms with Crippen molar-refractivity contribution in [3.05, 3.63) is 128 Å². The van der Waals surface area contributed by atoms with Crippen LogP contribution in [0.3, 0.4) is 0 Å². The van der Waals surface area contributed by atoms with Gasteiger partial charge in [-0.05, 0) is 86.9 Å². The number of benzene rings is 3. The lowest BCUT2D eigenvalue weighted by Crippen LogP contribution is -2.38. The Balaban J connectivity index is 1.32. The van der Waals surface area contributed by atoms with Crippen LogP contribution in [0.2, 0.25) is 5.02 Å². The summed E-state index contributed by atoms with van der Waals surface area (Å²) < 4.78 is 222. The van der Waals surface area contributed by atoms with Crippen LogP contribution >= 0.6 is 19.4 Å². The number of nitrogens with one attached hydrogen (secondary N) is 1. The molecule has 3 heterocycles. The Morgan fingerprint density at radius 1 is 0.920 bits per heavy atom. The van der Waals surface area contributed by atoms with Crippen LogP contribution in [0.4, 0.5) is 54.5 Å². The molecule has 0 saturated heterocycles. The molecule has 0 radical (unpaired) electrons. The number of phosphoric acid groups is 1. The maximum Gasteiger partial charge on any atom is 0.472 e. The van der Waals surface area contributed by atoms with Gasteiger partial charge in [0.05, 0.1) is 45.1 Å². The van der Waals surface area contributed by atoms with Crippen LogP contribution < -0.4 is 9.62 Å². The normalized spacial score (nSPS) is 16.2. The molecule has 6 aromatic rings. The Bertz CT molecular complexity index is 4050. The van der Waals surface area contributed by atoms with Gasteiger partial charge in [-0.15, -0.1) is 0 Å². The van der Waals surface area contributed by atoms with Gasteiger partial charge >= 0.3 is 32.2 Å². The number of sulfonamides is 1. The van der Waals surface area contributed by atoms with Gasteiger partial charge in [-0.1, -0.05) is 41.9 Å². The van der Waals surface area contributed by atoms with Crippen molar-refractivity contribution in [2.75, 3.05) is 30.2 Å². The number of alkyl halides is 8. The number of ether oxygens (including phenoxy) is 1. The number of amides is 3. The third kappa shape index (κ3) is 14.7. The summed E-state index contributed by atoms with van der Waals surface area (Å²) in [6.07, 6.45) is -12.9. The molecule has 3 amide bonds. The van der Waals surface area contributed by atoms with Gasteiger partial charge in [-0.25, -0.2) is 39.5 Å². The fraction of sp³-hybridized carbons (Fsp3) is 0.404. The van der Waals surface area contributed by atoms with Gasteiger partial charge in [-0.3, -0.25) is 28.7 Å². The number of hydrogen-bond acceptors (Lipinski definition) is 14. The van der Waals surface area contributed by atoms with Crippen LogP contribution in [-0.4, -0.2) is 122 Å². The van der Waals surface area contributed by atoms with Crippen LogP contribution in [0, 0.1) is 17.6 Å². The number of carboxylic acid groups (broad SMARTS) is 1. The number of aryl methyl sites for hydroxylation is 1. The molecule has 1 unspecified atom stereocenters. The lowest BCUT2D eigenvalue weighted by atomic mass is 9.93. The van der Waals surface area contributed by atoms with Crippen molar-refractivity contribution in [1.82, 2.24) is 34.8 Å². The number of anilines is 1. The molecule has 0 spiro atoms. The average molecular weight is 1330 g/mol. The number of pyridine rings is 1. The Hall–Kier alpha value is -7.23. The van der Waals surface area contributed by atoms with Gasteiger partial charge < -0.3 is 29.8 Å². The first-order valence-electron chi connectivity index (χ1n) is 25.8. The number of sulfone groups is 1. The van der Waals surface area contributed by atoms with E-state index in [0.717, 1.165) is 42.7 Å². The Labute approximate surface area is 497 Å². The molecule has 0 bridgehead atoms. The predicted molar refractivity (Wildman–Crippen MR) is 289 cm³/mol. The van der Waals surface area contributed by atoms with Crippen molar-refractivity contribution in [2.24, 2.45) is 5.92 Å². The minimum absolute atomic E-state index is 0.0230. The SMILES string of the molecule is CC(C)(CCc1ccc(-c2ccc(Cl)c3c(N(C(=O)c4ccccc4CN(CCC(=O)O)C(=O)OCOP(=O)(O)O)S(C)(=O)=O)nn(CC(F)(F)F)c23)c([C@H](Cc2cc(F)cc(F)c2)NC(=O)Cn2nc(C(F)(F)F)c3c2C(F)(F)C2C[C@H]32)n1)S(C)(=O)=O. The minimum atomic E-state index is -5.27. The van der Waals surface area contributed by atoms with Gasteiger partial charge in [-0.2, -0.15) is 49.6 Å². The summed E-state index contributed by atoms with van der Waals surface area (Å²) >= 11 is 6.79. The maximum atomic E-state index is 15.8. The number of nitrogens with zero attached hydrogens (tertiary/aromatic N) is 7. The third-order valence-electron chi connectivity index (χ3n) is 14.5. The quantitative estimate of drug-likeness (QED) is 0.0264. The van der Waals surface area contributed by atoms with E-state index in [4.69, 9.17) is 31.1 Å². The molecule has 1 saturated carbocycles. The molecular weight excluding hydrogens is 1280 g/mol. The number of carbonyl (C=O) groups is 4. The summed E-state index contributed by atoms with van der Waals surface area (Å²) in [7, 11) is -14.2. The summed E-state index contributed by atoms with van der Waals surface area (Å²) in [5.74, 6) is -14.6. The van der Waals surface area contributed by atoms with E-state index in [1.165, 1.54) is 38.1 Å². The molecule has 1 fully saturated rings. The van der Waals surface area contributed by atoms with Crippen LogP contribution in [0.15, 0.2) is 66.7 Å². The van der Waals surface area contributed by atoms with Gasteiger partial charge in [0, 0.05) is 59.3 Å². The molecule has 8 rings (SSSR count). The zero-order chi connectivity index (χ0) is 65.2. The first kappa shape index (κ1) is 66.7. The van der Waals surface area contributed by atoms with E-state index in [1.807, 2.05) is 0 Å². The molecule has 36 heteroatoms. The fourth-order valence-corrected chi connectivity index (χ4v) is 11.8. The van der Waals surface area contributed by atoms with Crippen molar-refractivity contribution in [1.29, 1.82) is 0 Å². The number of aromatic nitrogens is 5. The van der Waals surface area contributed by atoms with Crippen molar-refractivity contribution in [3.8, 4) is 11.1 Å². The highest BCUT2D eigenvalue weighted by Gasteiger charge is 2.68. The van der Waals surface area contributed by atoms with Gasteiger partial charge in [0.15, 0.2) is 21.3 Å². The van der Waals surface area contributed by atoms with Crippen molar-refractivity contribution in [3.63, 3.8) is 0 Å². The summed E-state index contributed by atoms with van der Waals surface area (Å²) in [5.41, 5.74) is -6.90. The predicted octanol–water partition coefficient (Wildman–Crippen LogP) is 8.96. The van der Waals surface area contributed by atoms with E-state index in [9.17, 15) is 72.0 Å². The van der Waals surface area contributed by atoms with E-state index in [1.54, 1.807) is 0 Å². The molecule has 22 nitrogen and oxygen atoms in total. The number of fused-ring (bicyclic) bond motifs is 4. The molecule has 3 aromatic heterocycles. The molecule has 476 valence electrons. The van der Waals surface area contributed by atoms with Crippen molar-refractivity contribution in [2.45, 2.75) is 101 Å². The zero-order valence-corrected chi connectivity index (χ0v) is 49.3. The number of phosphoric ester groups is 1. The first-order chi connectivity index (χ1) is 40.6. The molecule has 2 aliphatic rings. The van der Waals surface area contributed by atoms with Gasteiger partial charge in [0.2, 0.25) is 22.7 Å². The van der Waals surface area contributed by atoms with Crippen LogP contribution in [-0.2, 0) is 87.9 Å². The summed E-state index contributed by atoms with van der Waals surface area (Å²) in [6, 6.07) is 9.28. The lowest BCUT2D eigenvalue weighted by molar-refractivity contribution is -0.143. The summed E-state index contributed by atoms with van der Waals surface area (Å²) in [5, 5.41) is 17.9. The van der Waals surface area contributed by atoms with E-state index in [2.05, 4.69) is 20.0 Å². The molecule has 0 aliphatic heterocycles. The number of aliphatic carboxylic acids is 1. The first-order valence-corrected chi connectivity index (χ1v) is 31.4. The van der Waals surface area contributed by atoms with Crippen LogP contribution in [0.25, 0.3) is 22.0 Å². The summed E-state index contributed by atoms with van der Waals surface area (Å²) in [4.78, 5) is 77.5. The van der Waals surface area contributed by atoms with Crippen LogP contribution in [0.1, 0.15) is 94.9 Å². The molecule has 3 aromatic carbocycles. The average Bonchev–Trinajstić information content (AvgIpc) is 1.57. The molecule has 4 N–H and O–H groups in total. The lowest BCUT2D eigenvalue weighted by Gasteiger charge is -2.25. The molecular formula is C52H50ClF10N8O14PS2. The number of rotatable bonds is 23. The standard InChI is InChI=1S/C52H50ClF10N8O14PS2/c1-49(2,87(3,80)81)15-13-30-9-10-32(42(64-30)37(19-26-17-28(54)20-29(55)18-26)65-38(72)23-69-45-40(44(66-69)52(61,62)63)34-21-35(34)51(45,59)60)33-11-12-36(53)41-43(33)70(24-50(56,57)58)67-46(41)71(88(4,82)83)47(75)31-8-6-5-7-27(31)22-68(16-14-39(73)74)48(76)84-25-85-86(77,78)79/h5-12,17-18,20,34-35,37H,13-16,19,21-25H2,1-4H3,(H,65,72)(H,73,74)(H2,77,78,79)/t34-,35?,37-/m0/s1. The van der Waals surface area contributed by atoms with Crippen molar-refractivity contribution >= 4 is 79.9 Å². The number of halogens is 11. The Kier molecular flexibility index (Phi) is 18.4. The summed E-state index contributed by atoms with van der Waals surface area (Å²) in [6.45, 7) is -3.62. The van der Waals surface area contributed by atoms with Gasteiger partial charge in [0.25, 0.3) is 11.8 Å². The third-order valence-corrected chi connectivity index (χ3v) is 18.5. The zero-order valence-electron chi connectivity index (χ0n) is 46.0. The number of hydrogen-bond donors (Lipinski definition) is 4. The molecule has 3 atom stereocenters. The van der Waals surface area contributed by atoms with E-state index >= 15 is 17.6 Å². The van der Waals surface area contributed by atoms with Gasteiger partial charge in [0.1, 0.15) is 30.4 Å². The van der Waals surface area contributed by atoms with E-state index < -0.39 is 205 Å².